The number of Topliss-reactive ketones (excluding diaryl/α,β-unsaturated/α-hetero) is 1. The molecule has 4 rings (SSSR count). The van der Waals surface area contributed by atoms with Gasteiger partial charge in [0.25, 0.3) is 0 Å². The number of anilines is 1. The van der Waals surface area contributed by atoms with Gasteiger partial charge in [0.2, 0.25) is 11.9 Å². The minimum atomic E-state index is -0.252. The number of phenols is 1. The third-order valence-corrected chi connectivity index (χ3v) is 5.86. The molecule has 1 amide bonds. The number of nitrogens with zero attached hydrogens (tertiary/aromatic N) is 3. The summed E-state index contributed by atoms with van der Waals surface area (Å²) in [6.45, 7) is 3.18. The van der Waals surface area contributed by atoms with Gasteiger partial charge in [-0.15, -0.1) is 0 Å². The van der Waals surface area contributed by atoms with Crippen molar-refractivity contribution < 1.29 is 14.7 Å². The number of piperidine rings is 1. The van der Waals surface area contributed by atoms with E-state index in [0.29, 0.717) is 56.0 Å². The molecule has 3 N–H and O–H groups in total. The second-order valence-electron chi connectivity index (χ2n) is 7.68. The molecule has 7 nitrogen and oxygen atoms in total. The van der Waals surface area contributed by atoms with Crippen molar-refractivity contribution in [3.05, 3.63) is 46.8 Å². The van der Waals surface area contributed by atoms with Crippen molar-refractivity contribution >= 4 is 17.6 Å². The maximum Gasteiger partial charge on any atom is 0.225 e. The summed E-state index contributed by atoms with van der Waals surface area (Å²) in [5.41, 5.74) is 8.24. The third-order valence-electron chi connectivity index (χ3n) is 5.86. The standard InChI is InChI=1S/C21H24N4O3/c1-12-19-16(10-14(11-18(19)27)15-4-2-3-5-17(15)26)24-21(23-12)25-8-6-13(7-9-25)20(22)28/h2-5,13-14,26H,6-11H2,1H3,(H2,22,28). The van der Waals surface area contributed by atoms with E-state index in [9.17, 15) is 14.7 Å². The van der Waals surface area contributed by atoms with Gasteiger partial charge in [-0.2, -0.15) is 0 Å². The number of para-hydroxylation sites is 1. The molecular weight excluding hydrogens is 356 g/mol. The molecule has 1 atom stereocenters. The highest BCUT2D eigenvalue weighted by atomic mass is 16.3. The molecule has 1 fully saturated rings. The van der Waals surface area contributed by atoms with E-state index in [1.165, 1.54) is 0 Å². The van der Waals surface area contributed by atoms with Crippen LogP contribution >= 0.6 is 0 Å². The molecule has 0 bridgehead atoms. The quantitative estimate of drug-likeness (QED) is 0.844. The number of phenolic OH excluding ortho intramolecular Hbond substituents is 1. The minimum Gasteiger partial charge on any atom is -0.508 e. The highest BCUT2D eigenvalue weighted by Gasteiger charge is 2.32. The maximum atomic E-state index is 12.8. The predicted molar refractivity (Wildman–Crippen MR) is 104 cm³/mol. The first-order valence-electron chi connectivity index (χ1n) is 9.67. The smallest absolute Gasteiger partial charge is 0.225 e. The van der Waals surface area contributed by atoms with Crippen LogP contribution in [0.4, 0.5) is 5.95 Å². The lowest BCUT2D eigenvalue weighted by atomic mass is 9.81. The lowest BCUT2D eigenvalue weighted by molar-refractivity contribution is -0.122. The van der Waals surface area contributed by atoms with Crippen LogP contribution in [0.5, 0.6) is 5.75 Å². The molecule has 146 valence electrons. The lowest BCUT2D eigenvalue weighted by Crippen LogP contribution is -2.39. The molecule has 7 heteroatoms. The summed E-state index contributed by atoms with van der Waals surface area (Å²) in [6.07, 6.45) is 2.31. The number of primary amides is 1. The van der Waals surface area contributed by atoms with E-state index in [1.807, 2.05) is 19.1 Å². The number of fused-ring (bicyclic) bond motifs is 1. The molecule has 1 aliphatic carbocycles. The van der Waals surface area contributed by atoms with Crippen LogP contribution in [0.3, 0.4) is 0 Å². The number of aromatic nitrogens is 2. The number of hydrogen-bond donors (Lipinski definition) is 2. The molecule has 1 saturated heterocycles. The Labute approximate surface area is 163 Å². The number of benzene rings is 1. The van der Waals surface area contributed by atoms with E-state index >= 15 is 0 Å². The molecule has 1 aromatic heterocycles. The van der Waals surface area contributed by atoms with Crippen molar-refractivity contribution in [1.29, 1.82) is 0 Å². The van der Waals surface area contributed by atoms with Crippen LogP contribution in [-0.2, 0) is 11.2 Å². The SMILES string of the molecule is Cc1nc(N2CCC(C(N)=O)CC2)nc2c1C(=O)CC(c1ccccc1O)C2. The van der Waals surface area contributed by atoms with Crippen molar-refractivity contribution in [2.24, 2.45) is 11.7 Å². The zero-order valence-corrected chi connectivity index (χ0v) is 15.9. The van der Waals surface area contributed by atoms with E-state index in [1.54, 1.807) is 12.1 Å². The summed E-state index contributed by atoms with van der Waals surface area (Å²) < 4.78 is 0. The van der Waals surface area contributed by atoms with Crippen LogP contribution < -0.4 is 10.6 Å². The Morgan fingerprint density at radius 3 is 2.57 bits per heavy atom. The second-order valence-corrected chi connectivity index (χ2v) is 7.68. The number of rotatable bonds is 3. The van der Waals surface area contributed by atoms with Crippen LogP contribution in [0.2, 0.25) is 0 Å². The molecule has 2 aliphatic rings. The predicted octanol–water partition coefficient (Wildman–Crippen LogP) is 2.11. The number of ketones is 1. The summed E-state index contributed by atoms with van der Waals surface area (Å²) in [7, 11) is 0. The van der Waals surface area contributed by atoms with Gasteiger partial charge in [-0.3, -0.25) is 9.59 Å². The van der Waals surface area contributed by atoms with Gasteiger partial charge in [-0.05, 0) is 37.8 Å². The van der Waals surface area contributed by atoms with Crippen LogP contribution in [0.15, 0.2) is 24.3 Å². The Bertz CT molecular complexity index is 935. The average Bonchev–Trinajstić information content (AvgIpc) is 2.67. The number of carbonyl (C=O) groups is 2. The summed E-state index contributed by atoms with van der Waals surface area (Å²) in [5, 5.41) is 10.2. The minimum absolute atomic E-state index is 0.0194. The molecular formula is C21H24N4O3. The van der Waals surface area contributed by atoms with Gasteiger partial charge < -0.3 is 15.7 Å². The van der Waals surface area contributed by atoms with Gasteiger partial charge in [0.1, 0.15) is 5.75 Å². The summed E-state index contributed by atoms with van der Waals surface area (Å²) in [4.78, 5) is 35.5. The van der Waals surface area contributed by atoms with Gasteiger partial charge in [0.05, 0.1) is 17.0 Å². The number of amides is 1. The fraction of sp³-hybridized carbons (Fsp3) is 0.429. The first kappa shape index (κ1) is 18.4. The Balaban J connectivity index is 1.62. The highest BCUT2D eigenvalue weighted by Crippen LogP contribution is 2.37. The maximum absolute atomic E-state index is 12.8. The number of hydrogen-bond acceptors (Lipinski definition) is 6. The van der Waals surface area contributed by atoms with Crippen molar-refractivity contribution in [1.82, 2.24) is 9.97 Å². The molecule has 28 heavy (non-hydrogen) atoms. The van der Waals surface area contributed by atoms with Crippen molar-refractivity contribution in [2.75, 3.05) is 18.0 Å². The van der Waals surface area contributed by atoms with Crippen molar-refractivity contribution in [2.45, 2.75) is 38.5 Å². The first-order chi connectivity index (χ1) is 13.4. The Hall–Kier alpha value is -2.96. The summed E-state index contributed by atoms with van der Waals surface area (Å²) in [6, 6.07) is 7.16. The summed E-state index contributed by atoms with van der Waals surface area (Å²) >= 11 is 0. The largest absolute Gasteiger partial charge is 0.508 e. The lowest BCUT2D eigenvalue weighted by Gasteiger charge is -2.32. The van der Waals surface area contributed by atoms with Gasteiger partial charge in [0, 0.05) is 31.3 Å². The normalized spacial score (nSPS) is 20.1. The molecule has 0 radical (unpaired) electrons. The fourth-order valence-corrected chi connectivity index (χ4v) is 4.32. The van der Waals surface area contributed by atoms with E-state index in [2.05, 4.69) is 9.88 Å². The molecule has 1 aromatic carbocycles. The molecule has 2 heterocycles. The Morgan fingerprint density at radius 2 is 1.89 bits per heavy atom. The van der Waals surface area contributed by atoms with Crippen molar-refractivity contribution in [3.63, 3.8) is 0 Å². The molecule has 1 aliphatic heterocycles. The molecule has 1 unspecified atom stereocenters. The average molecular weight is 380 g/mol. The van der Waals surface area contributed by atoms with Crippen LogP contribution in [0, 0.1) is 12.8 Å². The number of aromatic hydroxyl groups is 1. The number of aryl methyl sites for hydroxylation is 1. The monoisotopic (exact) mass is 380 g/mol. The highest BCUT2D eigenvalue weighted by molar-refractivity contribution is 5.99. The molecule has 2 aromatic rings. The first-order valence-corrected chi connectivity index (χ1v) is 9.67. The Morgan fingerprint density at radius 1 is 1.18 bits per heavy atom. The van der Waals surface area contributed by atoms with Crippen LogP contribution in [0.1, 0.15) is 52.5 Å². The van der Waals surface area contributed by atoms with E-state index in [-0.39, 0.29) is 29.3 Å². The molecule has 0 spiro atoms. The van der Waals surface area contributed by atoms with E-state index in [0.717, 1.165) is 11.3 Å². The topological polar surface area (TPSA) is 109 Å². The van der Waals surface area contributed by atoms with Crippen LogP contribution in [-0.4, -0.2) is 39.9 Å². The molecule has 0 saturated carbocycles. The van der Waals surface area contributed by atoms with E-state index in [4.69, 9.17) is 10.7 Å². The van der Waals surface area contributed by atoms with Gasteiger partial charge in [0.15, 0.2) is 5.78 Å². The zero-order valence-electron chi connectivity index (χ0n) is 15.9. The Kier molecular flexibility index (Phi) is 4.75. The number of carbonyl (C=O) groups excluding carboxylic acids is 2. The van der Waals surface area contributed by atoms with Gasteiger partial charge in [-0.1, -0.05) is 18.2 Å². The van der Waals surface area contributed by atoms with Gasteiger partial charge in [-0.25, -0.2) is 9.97 Å². The third kappa shape index (κ3) is 3.32. The van der Waals surface area contributed by atoms with Crippen LogP contribution in [0.25, 0.3) is 0 Å². The zero-order chi connectivity index (χ0) is 19.8. The van der Waals surface area contributed by atoms with E-state index < -0.39 is 0 Å². The van der Waals surface area contributed by atoms with Crippen molar-refractivity contribution in [3.8, 4) is 5.75 Å². The summed E-state index contributed by atoms with van der Waals surface area (Å²) in [5.74, 6) is 0.392. The second kappa shape index (κ2) is 7.22. The van der Waals surface area contributed by atoms with Gasteiger partial charge >= 0.3 is 0 Å². The fourth-order valence-electron chi connectivity index (χ4n) is 4.32. The number of nitrogens with two attached hydrogens (primary N) is 1.